The number of carbonyl (C=O) groups excluding carboxylic acids is 4. The Hall–Kier alpha value is -3.14. The van der Waals surface area contributed by atoms with E-state index >= 15 is 0 Å². The van der Waals surface area contributed by atoms with E-state index in [0.29, 0.717) is 18.7 Å². The first-order chi connectivity index (χ1) is 15.1. The fourth-order valence-corrected chi connectivity index (χ4v) is 2.45. The van der Waals surface area contributed by atoms with Crippen LogP contribution in [0.4, 0.5) is 10.5 Å². The fourth-order valence-electron chi connectivity index (χ4n) is 2.45. The molecular formula is C22H37N5O5. The number of likely N-dealkylation sites (N-methyl/N-ethyl adjacent to an activating group) is 1. The van der Waals surface area contributed by atoms with Gasteiger partial charge in [0.15, 0.2) is 0 Å². The van der Waals surface area contributed by atoms with Gasteiger partial charge >= 0.3 is 12.0 Å². The summed E-state index contributed by atoms with van der Waals surface area (Å²) in [5, 5.41) is 10.7. The third-order valence-electron chi connectivity index (χ3n) is 4.16. The minimum Gasteiger partial charge on any atom is -0.461 e. The van der Waals surface area contributed by atoms with Gasteiger partial charge in [-0.25, -0.2) is 4.79 Å². The quantitative estimate of drug-likeness (QED) is 0.322. The van der Waals surface area contributed by atoms with Crippen molar-refractivity contribution in [2.45, 2.75) is 53.2 Å². The highest BCUT2D eigenvalue weighted by atomic mass is 16.5. The molecule has 180 valence electrons. The van der Waals surface area contributed by atoms with Crippen LogP contribution in [0.2, 0.25) is 0 Å². The van der Waals surface area contributed by atoms with Crippen molar-refractivity contribution in [1.29, 1.82) is 0 Å². The number of nitrogens with one attached hydrogen (secondary N) is 4. The van der Waals surface area contributed by atoms with Crippen molar-refractivity contribution in [3.05, 3.63) is 29.8 Å². The molecule has 4 amide bonds. The highest BCUT2D eigenvalue weighted by Gasteiger charge is 2.20. The Morgan fingerprint density at radius 1 is 1.03 bits per heavy atom. The van der Waals surface area contributed by atoms with E-state index in [1.807, 2.05) is 20.8 Å². The summed E-state index contributed by atoms with van der Waals surface area (Å²) in [5.41, 5.74) is 6.17. The van der Waals surface area contributed by atoms with E-state index in [2.05, 4.69) is 21.3 Å². The highest BCUT2D eigenvalue weighted by molar-refractivity contribution is 5.95. The maximum atomic E-state index is 12.0. The summed E-state index contributed by atoms with van der Waals surface area (Å²) in [6.07, 6.45) is 1.27. The minimum atomic E-state index is -0.443. The number of rotatable bonds is 11. The molecule has 0 aliphatic rings. The number of primary amides is 1. The average molecular weight is 452 g/mol. The van der Waals surface area contributed by atoms with Gasteiger partial charge in [0.05, 0.1) is 12.6 Å². The van der Waals surface area contributed by atoms with Crippen LogP contribution >= 0.6 is 0 Å². The predicted octanol–water partition coefficient (Wildman–Crippen LogP) is 1.50. The largest absolute Gasteiger partial charge is 0.461 e. The molecule has 10 heteroatoms. The van der Waals surface area contributed by atoms with Crippen molar-refractivity contribution < 1.29 is 23.9 Å². The lowest BCUT2D eigenvalue weighted by molar-refractivity contribution is -0.144. The highest BCUT2D eigenvalue weighted by Crippen LogP contribution is 2.10. The van der Waals surface area contributed by atoms with Crippen molar-refractivity contribution in [2.24, 2.45) is 11.7 Å². The molecule has 0 fully saturated rings. The molecule has 32 heavy (non-hydrogen) atoms. The lowest BCUT2D eigenvalue weighted by atomic mass is 10.0. The van der Waals surface area contributed by atoms with E-state index in [4.69, 9.17) is 10.5 Å². The number of hydrogen-bond acceptors (Lipinski definition) is 6. The van der Waals surface area contributed by atoms with Gasteiger partial charge in [0.25, 0.3) is 0 Å². The van der Waals surface area contributed by atoms with Crippen molar-refractivity contribution in [3.8, 4) is 0 Å². The second kappa shape index (κ2) is 16.5. The fraction of sp³-hybridized carbons (Fsp3) is 0.545. The third kappa shape index (κ3) is 13.2. The Bertz CT molecular complexity index is 722. The summed E-state index contributed by atoms with van der Waals surface area (Å²) in [6.45, 7) is 8.35. The molecule has 0 heterocycles. The number of carbonyl (C=O) groups is 4. The summed E-state index contributed by atoms with van der Waals surface area (Å²) in [7, 11) is 1.71. The Kier molecular flexibility index (Phi) is 14.9. The molecular weight excluding hydrogens is 414 g/mol. The van der Waals surface area contributed by atoms with E-state index < -0.39 is 6.03 Å². The van der Waals surface area contributed by atoms with Crippen LogP contribution in [0, 0.1) is 5.92 Å². The average Bonchev–Trinajstić information content (AvgIpc) is 2.76. The molecule has 0 aliphatic carbocycles. The number of esters is 1. The number of hydrogen-bond donors (Lipinski definition) is 5. The Labute approximate surface area is 190 Å². The summed E-state index contributed by atoms with van der Waals surface area (Å²) in [5.74, 6) is -0.644. The molecule has 1 unspecified atom stereocenters. The predicted molar refractivity (Wildman–Crippen MR) is 124 cm³/mol. The smallest absolute Gasteiger partial charge is 0.312 e. The molecule has 0 saturated heterocycles. The number of anilines is 1. The van der Waals surface area contributed by atoms with E-state index in [-0.39, 0.29) is 42.9 Å². The maximum absolute atomic E-state index is 12.0. The van der Waals surface area contributed by atoms with Gasteiger partial charge in [-0.1, -0.05) is 39.8 Å². The third-order valence-corrected chi connectivity index (χ3v) is 4.16. The molecule has 0 aromatic heterocycles. The van der Waals surface area contributed by atoms with Crippen LogP contribution in [-0.2, 0) is 25.7 Å². The lowest BCUT2D eigenvalue weighted by Crippen LogP contribution is -2.47. The van der Waals surface area contributed by atoms with Gasteiger partial charge in [-0.15, -0.1) is 0 Å². The second-order valence-electron chi connectivity index (χ2n) is 7.28. The standard InChI is InChI=1S/C18H27N3O4.C4H10N2O/c1-5-16(23)25-11-13-6-8-14(9-7-13)21-15(22)10-20-18(24)17(19-4)12(2)3;1-2-3-6-4(5)7/h6-9,12,17,19H,5,10-11H2,1-4H3,(H,20,24)(H,21,22);2-3H2,1H3,(H3,5,6,7). The zero-order chi connectivity index (χ0) is 24.5. The number of urea groups is 1. The molecule has 1 rings (SSSR count). The summed E-state index contributed by atoms with van der Waals surface area (Å²) < 4.78 is 5.04. The maximum Gasteiger partial charge on any atom is 0.312 e. The van der Waals surface area contributed by atoms with Crippen LogP contribution in [-0.4, -0.2) is 50.0 Å². The van der Waals surface area contributed by atoms with Crippen LogP contribution < -0.4 is 27.0 Å². The van der Waals surface area contributed by atoms with Crippen LogP contribution in [0.1, 0.15) is 46.1 Å². The van der Waals surface area contributed by atoms with Crippen molar-refractivity contribution >= 4 is 29.5 Å². The van der Waals surface area contributed by atoms with Crippen LogP contribution in [0.25, 0.3) is 0 Å². The van der Waals surface area contributed by atoms with E-state index in [1.165, 1.54) is 0 Å². The van der Waals surface area contributed by atoms with Crippen LogP contribution in [0.15, 0.2) is 24.3 Å². The molecule has 0 aliphatic heterocycles. The number of nitrogens with two attached hydrogens (primary N) is 1. The monoisotopic (exact) mass is 451 g/mol. The first-order valence-electron chi connectivity index (χ1n) is 10.7. The Balaban J connectivity index is 0.00000118. The Morgan fingerprint density at radius 3 is 2.09 bits per heavy atom. The minimum absolute atomic E-state index is 0.0976. The molecule has 1 atom stereocenters. The molecule has 0 radical (unpaired) electrons. The molecule has 1 aromatic rings. The van der Waals surface area contributed by atoms with Gasteiger partial charge in [-0.2, -0.15) is 0 Å². The Morgan fingerprint density at radius 2 is 1.66 bits per heavy atom. The lowest BCUT2D eigenvalue weighted by Gasteiger charge is -2.19. The normalized spacial score (nSPS) is 10.9. The van der Waals surface area contributed by atoms with Crippen molar-refractivity contribution in [2.75, 3.05) is 25.5 Å². The van der Waals surface area contributed by atoms with E-state index in [9.17, 15) is 19.2 Å². The first-order valence-corrected chi connectivity index (χ1v) is 10.7. The van der Waals surface area contributed by atoms with Crippen molar-refractivity contribution in [3.63, 3.8) is 0 Å². The number of amides is 4. The molecule has 0 bridgehead atoms. The van der Waals surface area contributed by atoms with Gasteiger partial charge in [-0.05, 0) is 37.1 Å². The summed E-state index contributed by atoms with van der Waals surface area (Å²) in [6, 6.07) is 6.21. The van der Waals surface area contributed by atoms with Gasteiger partial charge in [0, 0.05) is 18.7 Å². The van der Waals surface area contributed by atoms with Gasteiger partial charge in [0.2, 0.25) is 11.8 Å². The SMILES string of the molecule is CCC(=O)OCc1ccc(NC(=O)CNC(=O)C(NC)C(C)C)cc1.CCCNC(N)=O. The second-order valence-corrected chi connectivity index (χ2v) is 7.28. The summed E-state index contributed by atoms with van der Waals surface area (Å²) >= 11 is 0. The van der Waals surface area contributed by atoms with Gasteiger partial charge in [0.1, 0.15) is 6.61 Å². The van der Waals surface area contributed by atoms with Crippen LogP contribution in [0.3, 0.4) is 0 Å². The topological polar surface area (TPSA) is 152 Å². The number of benzene rings is 1. The van der Waals surface area contributed by atoms with Gasteiger partial charge < -0.3 is 31.7 Å². The van der Waals surface area contributed by atoms with Gasteiger partial charge in [-0.3, -0.25) is 14.4 Å². The van der Waals surface area contributed by atoms with Crippen LogP contribution in [0.5, 0.6) is 0 Å². The van der Waals surface area contributed by atoms with E-state index in [1.54, 1.807) is 38.2 Å². The summed E-state index contributed by atoms with van der Waals surface area (Å²) in [4.78, 5) is 44.9. The molecule has 0 saturated carbocycles. The molecule has 6 N–H and O–H groups in total. The van der Waals surface area contributed by atoms with Crippen molar-refractivity contribution in [1.82, 2.24) is 16.0 Å². The first kappa shape index (κ1) is 28.9. The zero-order valence-electron chi connectivity index (χ0n) is 19.6. The van der Waals surface area contributed by atoms with E-state index in [0.717, 1.165) is 12.0 Å². The number of ether oxygens (including phenoxy) is 1. The molecule has 10 nitrogen and oxygen atoms in total. The molecule has 0 spiro atoms. The molecule has 1 aromatic carbocycles. The zero-order valence-corrected chi connectivity index (χ0v) is 19.6.